The van der Waals surface area contributed by atoms with E-state index in [0.29, 0.717) is 12.0 Å². The molecule has 1 aromatic heterocycles. The normalized spacial score (nSPS) is 14.9. The van der Waals surface area contributed by atoms with E-state index in [1.807, 2.05) is 25.1 Å². The first kappa shape index (κ1) is 10.1. The van der Waals surface area contributed by atoms with Gasteiger partial charge in [-0.05, 0) is 12.8 Å². The molecule has 1 aliphatic carbocycles. The van der Waals surface area contributed by atoms with Gasteiger partial charge in [0.05, 0.1) is 25.1 Å². The van der Waals surface area contributed by atoms with Crippen LogP contribution in [0.25, 0.3) is 0 Å². The molecule has 82 valence electrons. The molecule has 0 N–H and O–H groups in total. The molecule has 0 radical (unpaired) electrons. The summed E-state index contributed by atoms with van der Waals surface area (Å²) in [6.45, 7) is 0. The van der Waals surface area contributed by atoms with Crippen LogP contribution in [0.4, 0.5) is 5.69 Å². The van der Waals surface area contributed by atoms with Gasteiger partial charge in [-0.25, -0.2) is 4.98 Å². The molecule has 0 bridgehead atoms. The smallest absolute Gasteiger partial charge is 0.215 e. The second-order valence-corrected chi connectivity index (χ2v) is 3.91. The van der Waals surface area contributed by atoms with Gasteiger partial charge in [-0.3, -0.25) is 0 Å². The van der Waals surface area contributed by atoms with Crippen molar-refractivity contribution < 1.29 is 9.47 Å². The van der Waals surface area contributed by atoms with E-state index in [0.717, 1.165) is 24.3 Å². The molecule has 0 amide bonds. The highest BCUT2D eigenvalue weighted by atomic mass is 16.5. The zero-order valence-corrected chi connectivity index (χ0v) is 9.36. The summed E-state index contributed by atoms with van der Waals surface area (Å²) < 4.78 is 10.8. The maximum atomic E-state index is 5.76. The minimum Gasteiger partial charge on any atom is -0.487 e. The molecule has 1 saturated carbocycles. The molecule has 1 aromatic rings. The SMILES string of the molecule is COc1cc(N(C)C)c(OC2CC2)cn1. The molecule has 1 heterocycles. The summed E-state index contributed by atoms with van der Waals surface area (Å²) >= 11 is 0. The summed E-state index contributed by atoms with van der Waals surface area (Å²) in [5, 5.41) is 0. The Morgan fingerprint density at radius 2 is 2.13 bits per heavy atom. The van der Waals surface area contributed by atoms with E-state index in [1.54, 1.807) is 13.3 Å². The zero-order valence-electron chi connectivity index (χ0n) is 9.36. The Balaban J connectivity index is 2.25. The van der Waals surface area contributed by atoms with Crippen molar-refractivity contribution in [2.45, 2.75) is 18.9 Å². The lowest BCUT2D eigenvalue weighted by atomic mass is 10.3. The second-order valence-electron chi connectivity index (χ2n) is 3.91. The van der Waals surface area contributed by atoms with Crippen molar-refractivity contribution in [3.05, 3.63) is 12.3 Å². The fourth-order valence-corrected chi connectivity index (χ4v) is 1.33. The highest BCUT2D eigenvalue weighted by Crippen LogP contribution is 2.34. The van der Waals surface area contributed by atoms with Crippen LogP contribution in [0.3, 0.4) is 0 Å². The molecule has 0 aromatic carbocycles. The monoisotopic (exact) mass is 208 g/mol. The third-order valence-electron chi connectivity index (χ3n) is 2.33. The van der Waals surface area contributed by atoms with E-state index >= 15 is 0 Å². The Hall–Kier alpha value is -1.45. The lowest BCUT2D eigenvalue weighted by Crippen LogP contribution is -2.12. The molecule has 0 atom stereocenters. The van der Waals surface area contributed by atoms with Gasteiger partial charge in [-0.1, -0.05) is 0 Å². The van der Waals surface area contributed by atoms with Crippen LogP contribution in [0.5, 0.6) is 11.6 Å². The fourth-order valence-electron chi connectivity index (χ4n) is 1.33. The molecule has 1 aliphatic rings. The van der Waals surface area contributed by atoms with Crippen LogP contribution in [-0.4, -0.2) is 32.3 Å². The predicted molar refractivity (Wildman–Crippen MR) is 58.8 cm³/mol. The van der Waals surface area contributed by atoms with E-state index in [1.165, 1.54) is 0 Å². The molecule has 0 saturated heterocycles. The number of hydrogen-bond acceptors (Lipinski definition) is 4. The van der Waals surface area contributed by atoms with Gasteiger partial charge in [0.1, 0.15) is 0 Å². The quantitative estimate of drug-likeness (QED) is 0.754. The van der Waals surface area contributed by atoms with E-state index in [9.17, 15) is 0 Å². The minimum atomic E-state index is 0.388. The first-order chi connectivity index (χ1) is 7.20. The lowest BCUT2D eigenvalue weighted by Gasteiger charge is -2.17. The fraction of sp³-hybridized carbons (Fsp3) is 0.545. The Morgan fingerprint density at radius 3 is 2.67 bits per heavy atom. The summed E-state index contributed by atoms with van der Waals surface area (Å²) in [5.74, 6) is 1.45. The van der Waals surface area contributed by atoms with Crippen LogP contribution in [0.1, 0.15) is 12.8 Å². The second kappa shape index (κ2) is 3.96. The van der Waals surface area contributed by atoms with Crippen molar-refractivity contribution in [1.82, 2.24) is 4.98 Å². The van der Waals surface area contributed by atoms with Crippen LogP contribution in [0.15, 0.2) is 12.3 Å². The van der Waals surface area contributed by atoms with Gasteiger partial charge in [-0.2, -0.15) is 0 Å². The first-order valence-corrected chi connectivity index (χ1v) is 5.08. The van der Waals surface area contributed by atoms with Crippen LogP contribution in [-0.2, 0) is 0 Å². The average molecular weight is 208 g/mol. The third kappa shape index (κ3) is 2.32. The number of anilines is 1. The molecule has 15 heavy (non-hydrogen) atoms. The lowest BCUT2D eigenvalue weighted by molar-refractivity contribution is 0.301. The van der Waals surface area contributed by atoms with E-state index in [4.69, 9.17) is 9.47 Å². The van der Waals surface area contributed by atoms with Crippen LogP contribution < -0.4 is 14.4 Å². The van der Waals surface area contributed by atoms with Crippen molar-refractivity contribution in [3.63, 3.8) is 0 Å². The summed E-state index contributed by atoms with van der Waals surface area (Å²) in [6, 6.07) is 1.89. The largest absolute Gasteiger partial charge is 0.487 e. The van der Waals surface area contributed by atoms with Gasteiger partial charge in [0.25, 0.3) is 0 Å². The molecule has 0 aliphatic heterocycles. The van der Waals surface area contributed by atoms with Crippen molar-refractivity contribution in [1.29, 1.82) is 0 Å². The topological polar surface area (TPSA) is 34.6 Å². The van der Waals surface area contributed by atoms with Gasteiger partial charge in [0, 0.05) is 20.2 Å². The van der Waals surface area contributed by atoms with Crippen LogP contribution in [0, 0.1) is 0 Å². The van der Waals surface area contributed by atoms with Gasteiger partial charge < -0.3 is 14.4 Å². The highest BCUT2D eigenvalue weighted by molar-refractivity contribution is 5.58. The molecule has 0 unspecified atom stereocenters. The van der Waals surface area contributed by atoms with E-state index < -0.39 is 0 Å². The first-order valence-electron chi connectivity index (χ1n) is 5.08. The van der Waals surface area contributed by atoms with Crippen LogP contribution >= 0.6 is 0 Å². The number of methoxy groups -OCH3 is 1. The molecule has 1 fully saturated rings. The molecule has 0 spiro atoms. The number of aromatic nitrogens is 1. The highest BCUT2D eigenvalue weighted by Gasteiger charge is 2.25. The summed E-state index contributed by atoms with van der Waals surface area (Å²) in [5.41, 5.74) is 1.01. The van der Waals surface area contributed by atoms with E-state index in [2.05, 4.69) is 4.98 Å². The Kier molecular flexibility index (Phi) is 2.66. The summed E-state index contributed by atoms with van der Waals surface area (Å²) in [7, 11) is 5.58. The molecular formula is C11H16N2O2. The van der Waals surface area contributed by atoms with Crippen LogP contribution in [0.2, 0.25) is 0 Å². The van der Waals surface area contributed by atoms with Crippen molar-refractivity contribution in [2.75, 3.05) is 26.1 Å². The maximum Gasteiger partial charge on any atom is 0.215 e. The van der Waals surface area contributed by atoms with E-state index in [-0.39, 0.29) is 0 Å². The molecule has 4 heteroatoms. The Bertz CT molecular complexity index is 348. The zero-order chi connectivity index (χ0) is 10.8. The van der Waals surface area contributed by atoms with Gasteiger partial charge in [-0.15, -0.1) is 0 Å². The van der Waals surface area contributed by atoms with Crippen molar-refractivity contribution in [2.24, 2.45) is 0 Å². The third-order valence-corrected chi connectivity index (χ3v) is 2.33. The predicted octanol–water partition coefficient (Wildman–Crippen LogP) is 1.70. The number of pyridine rings is 1. The molecule has 2 rings (SSSR count). The number of rotatable bonds is 4. The number of hydrogen-bond donors (Lipinski definition) is 0. The summed E-state index contributed by atoms with van der Waals surface area (Å²) in [4.78, 5) is 6.15. The maximum absolute atomic E-state index is 5.76. The standard InChI is InChI=1S/C11H16N2O2/c1-13(2)9-6-11(14-3)12-7-10(9)15-8-4-5-8/h6-8H,4-5H2,1-3H3. The Labute approximate surface area is 89.8 Å². The molecule has 4 nitrogen and oxygen atoms in total. The van der Waals surface area contributed by atoms with Gasteiger partial charge >= 0.3 is 0 Å². The van der Waals surface area contributed by atoms with Crippen molar-refractivity contribution >= 4 is 5.69 Å². The minimum absolute atomic E-state index is 0.388. The Morgan fingerprint density at radius 1 is 1.40 bits per heavy atom. The van der Waals surface area contributed by atoms with Gasteiger partial charge in [0.15, 0.2) is 5.75 Å². The molecular weight excluding hydrogens is 192 g/mol. The number of nitrogens with zero attached hydrogens (tertiary/aromatic N) is 2. The summed E-state index contributed by atoms with van der Waals surface area (Å²) in [6.07, 6.45) is 4.42. The van der Waals surface area contributed by atoms with Crippen molar-refractivity contribution in [3.8, 4) is 11.6 Å². The number of ether oxygens (including phenoxy) is 2. The van der Waals surface area contributed by atoms with Gasteiger partial charge in [0.2, 0.25) is 5.88 Å². The average Bonchev–Trinajstić information content (AvgIpc) is 3.02.